The molecule has 0 aliphatic heterocycles. The Bertz CT molecular complexity index is 521. The Morgan fingerprint density at radius 1 is 1.63 bits per heavy atom. The summed E-state index contributed by atoms with van der Waals surface area (Å²) in [6.07, 6.45) is 1.82. The molecular weight excluding hydrogens is 252 g/mol. The standard InChI is InChI=1S/C11H16N4O4/c1-7-10(15(18)19)11(13(2)12-7)14(8-3-4-8)6-5-9(16)17/h8H,3-6H2,1-2H3,(H,16,17). The highest BCUT2D eigenvalue weighted by Gasteiger charge is 2.37. The van der Waals surface area contributed by atoms with Gasteiger partial charge in [0.2, 0.25) is 5.82 Å². The Labute approximate surface area is 109 Å². The minimum atomic E-state index is -0.910. The maximum atomic E-state index is 11.2. The van der Waals surface area contributed by atoms with Crippen molar-refractivity contribution in [2.75, 3.05) is 11.4 Å². The van der Waals surface area contributed by atoms with Gasteiger partial charge in [0.05, 0.1) is 11.3 Å². The number of anilines is 1. The van der Waals surface area contributed by atoms with Crippen LogP contribution in [0, 0.1) is 17.0 Å². The normalized spacial score (nSPS) is 14.4. The number of carboxylic acid groups (broad SMARTS) is 1. The summed E-state index contributed by atoms with van der Waals surface area (Å²) in [5.41, 5.74) is 0.322. The number of hydrogen-bond donors (Lipinski definition) is 1. The van der Waals surface area contributed by atoms with E-state index in [1.54, 1.807) is 18.9 Å². The Hall–Kier alpha value is -2.12. The van der Waals surface area contributed by atoms with Crippen LogP contribution in [0.1, 0.15) is 25.0 Å². The maximum Gasteiger partial charge on any atom is 0.333 e. The van der Waals surface area contributed by atoms with Gasteiger partial charge in [-0.15, -0.1) is 0 Å². The molecule has 19 heavy (non-hydrogen) atoms. The molecule has 2 rings (SSSR count). The summed E-state index contributed by atoms with van der Waals surface area (Å²) in [4.78, 5) is 23.2. The van der Waals surface area contributed by atoms with Crippen molar-refractivity contribution in [3.8, 4) is 0 Å². The average Bonchev–Trinajstić information content (AvgIpc) is 3.06. The van der Waals surface area contributed by atoms with Crippen molar-refractivity contribution in [3.63, 3.8) is 0 Å². The van der Waals surface area contributed by atoms with Gasteiger partial charge in [0.15, 0.2) is 0 Å². The predicted octanol–water partition coefficient (Wildman–Crippen LogP) is 1.08. The van der Waals surface area contributed by atoms with Crippen LogP contribution in [-0.4, -0.2) is 38.4 Å². The summed E-state index contributed by atoms with van der Waals surface area (Å²) in [6.45, 7) is 1.85. The average molecular weight is 268 g/mol. The van der Waals surface area contributed by atoms with Gasteiger partial charge < -0.3 is 10.0 Å². The minimum absolute atomic E-state index is 0.0280. The first-order valence-electron chi connectivity index (χ1n) is 6.08. The quantitative estimate of drug-likeness (QED) is 0.612. The number of nitro groups is 1. The first kappa shape index (κ1) is 13.3. The molecule has 0 atom stereocenters. The van der Waals surface area contributed by atoms with E-state index in [0.29, 0.717) is 11.5 Å². The topological polar surface area (TPSA) is 102 Å². The van der Waals surface area contributed by atoms with Gasteiger partial charge in [-0.1, -0.05) is 0 Å². The van der Waals surface area contributed by atoms with Gasteiger partial charge in [0, 0.05) is 19.6 Å². The molecule has 0 spiro atoms. The second-order valence-electron chi connectivity index (χ2n) is 4.71. The second-order valence-corrected chi connectivity index (χ2v) is 4.71. The molecule has 1 fully saturated rings. The van der Waals surface area contributed by atoms with Crippen LogP contribution in [0.5, 0.6) is 0 Å². The lowest BCUT2D eigenvalue weighted by molar-refractivity contribution is -0.384. The zero-order valence-electron chi connectivity index (χ0n) is 10.9. The molecule has 0 unspecified atom stereocenters. The van der Waals surface area contributed by atoms with Gasteiger partial charge in [-0.05, 0) is 19.8 Å². The van der Waals surface area contributed by atoms with Crippen LogP contribution in [-0.2, 0) is 11.8 Å². The highest BCUT2D eigenvalue weighted by molar-refractivity contribution is 5.69. The number of rotatable bonds is 6. The van der Waals surface area contributed by atoms with Gasteiger partial charge in [-0.25, -0.2) is 4.68 Å². The summed E-state index contributed by atoms with van der Waals surface area (Å²) in [5, 5.41) is 24.0. The molecule has 1 N–H and O–H groups in total. The number of carboxylic acids is 1. The van der Waals surface area contributed by atoms with Crippen LogP contribution in [0.3, 0.4) is 0 Å². The fraction of sp³-hybridized carbons (Fsp3) is 0.636. The predicted molar refractivity (Wildman–Crippen MR) is 67.2 cm³/mol. The lowest BCUT2D eigenvalue weighted by Gasteiger charge is -2.22. The van der Waals surface area contributed by atoms with E-state index in [-0.39, 0.29) is 24.7 Å². The van der Waals surface area contributed by atoms with E-state index >= 15 is 0 Å². The van der Waals surface area contributed by atoms with Crippen molar-refractivity contribution in [3.05, 3.63) is 15.8 Å². The largest absolute Gasteiger partial charge is 0.481 e. The van der Waals surface area contributed by atoms with Crippen molar-refractivity contribution in [2.45, 2.75) is 32.2 Å². The third-order valence-electron chi connectivity index (χ3n) is 3.17. The maximum absolute atomic E-state index is 11.2. The Kier molecular flexibility index (Phi) is 3.41. The van der Waals surface area contributed by atoms with E-state index in [1.165, 1.54) is 4.68 Å². The Balaban J connectivity index is 2.35. The van der Waals surface area contributed by atoms with Gasteiger partial charge in [0.1, 0.15) is 5.69 Å². The van der Waals surface area contributed by atoms with Crippen molar-refractivity contribution < 1.29 is 14.8 Å². The molecule has 104 valence electrons. The lowest BCUT2D eigenvalue weighted by atomic mass is 10.3. The van der Waals surface area contributed by atoms with Gasteiger partial charge >= 0.3 is 11.7 Å². The molecule has 1 aromatic rings. The van der Waals surface area contributed by atoms with Crippen molar-refractivity contribution >= 4 is 17.5 Å². The highest BCUT2D eigenvalue weighted by atomic mass is 16.6. The SMILES string of the molecule is Cc1nn(C)c(N(CCC(=O)O)C2CC2)c1[N+](=O)[O-]. The Morgan fingerprint density at radius 3 is 2.74 bits per heavy atom. The van der Waals surface area contributed by atoms with Gasteiger partial charge in [-0.2, -0.15) is 5.10 Å². The number of aromatic nitrogens is 2. The lowest BCUT2D eigenvalue weighted by Crippen LogP contribution is -2.30. The smallest absolute Gasteiger partial charge is 0.333 e. The second kappa shape index (κ2) is 4.87. The first-order chi connectivity index (χ1) is 8.91. The number of carbonyl (C=O) groups is 1. The molecular formula is C11H16N4O4. The summed E-state index contributed by atoms with van der Waals surface area (Å²) in [5.74, 6) is -0.501. The third-order valence-corrected chi connectivity index (χ3v) is 3.17. The molecule has 0 saturated heterocycles. The minimum Gasteiger partial charge on any atom is -0.481 e. The van der Waals surface area contributed by atoms with Crippen molar-refractivity contribution in [2.24, 2.45) is 7.05 Å². The molecule has 0 aromatic carbocycles. The van der Waals surface area contributed by atoms with E-state index in [2.05, 4.69) is 5.10 Å². The number of aryl methyl sites for hydroxylation is 2. The molecule has 1 aromatic heterocycles. The molecule has 8 nitrogen and oxygen atoms in total. The summed E-state index contributed by atoms with van der Waals surface area (Å²) < 4.78 is 1.47. The molecule has 1 saturated carbocycles. The molecule has 0 bridgehead atoms. The molecule has 1 aliphatic rings. The van der Waals surface area contributed by atoms with Crippen molar-refractivity contribution in [1.82, 2.24) is 9.78 Å². The highest BCUT2D eigenvalue weighted by Crippen LogP contribution is 2.38. The summed E-state index contributed by atoms with van der Waals surface area (Å²) >= 11 is 0. The van der Waals surface area contributed by atoms with E-state index < -0.39 is 10.9 Å². The number of nitrogens with zero attached hydrogens (tertiary/aromatic N) is 4. The van der Waals surface area contributed by atoms with Crippen LogP contribution < -0.4 is 4.90 Å². The fourth-order valence-electron chi connectivity index (χ4n) is 2.23. The van der Waals surface area contributed by atoms with Gasteiger partial charge in [-0.3, -0.25) is 14.9 Å². The van der Waals surface area contributed by atoms with Crippen LogP contribution in [0.4, 0.5) is 11.5 Å². The molecule has 1 aliphatic carbocycles. The van der Waals surface area contributed by atoms with Crippen LogP contribution in [0.25, 0.3) is 0 Å². The monoisotopic (exact) mass is 268 g/mol. The molecule has 0 amide bonds. The first-order valence-corrected chi connectivity index (χ1v) is 6.08. The van der Waals surface area contributed by atoms with E-state index in [9.17, 15) is 14.9 Å². The molecule has 0 radical (unpaired) electrons. The van der Waals surface area contributed by atoms with Crippen LogP contribution >= 0.6 is 0 Å². The zero-order chi connectivity index (χ0) is 14.2. The van der Waals surface area contributed by atoms with Crippen LogP contribution in [0.15, 0.2) is 0 Å². The van der Waals surface area contributed by atoms with E-state index in [1.807, 2.05) is 0 Å². The summed E-state index contributed by atoms with van der Waals surface area (Å²) in [6, 6.07) is 0.188. The Morgan fingerprint density at radius 2 is 2.26 bits per heavy atom. The van der Waals surface area contributed by atoms with Crippen molar-refractivity contribution in [1.29, 1.82) is 0 Å². The third kappa shape index (κ3) is 2.67. The molecule has 1 heterocycles. The summed E-state index contributed by atoms with van der Waals surface area (Å²) in [7, 11) is 1.64. The zero-order valence-corrected chi connectivity index (χ0v) is 10.9. The van der Waals surface area contributed by atoms with E-state index in [0.717, 1.165) is 12.8 Å². The fourth-order valence-corrected chi connectivity index (χ4v) is 2.23. The number of hydrogen-bond acceptors (Lipinski definition) is 5. The molecule has 8 heteroatoms. The van der Waals surface area contributed by atoms with Gasteiger partial charge in [0.25, 0.3) is 0 Å². The van der Waals surface area contributed by atoms with Crippen LogP contribution in [0.2, 0.25) is 0 Å². The van der Waals surface area contributed by atoms with E-state index in [4.69, 9.17) is 5.11 Å². The number of aliphatic carboxylic acids is 1.